The van der Waals surface area contributed by atoms with Crippen LogP contribution in [-0.2, 0) is 28.6 Å². The lowest BCUT2D eigenvalue weighted by Crippen LogP contribution is -2.30. The van der Waals surface area contributed by atoms with Gasteiger partial charge in [0.1, 0.15) is 13.2 Å². The van der Waals surface area contributed by atoms with Gasteiger partial charge in [-0.1, -0.05) is 234 Å². The largest absolute Gasteiger partial charge is 0.462 e. The lowest BCUT2D eigenvalue weighted by molar-refractivity contribution is -0.167. The molecule has 0 aromatic rings. The first-order valence-electron chi connectivity index (χ1n) is 27.5. The van der Waals surface area contributed by atoms with Crippen molar-refractivity contribution in [1.82, 2.24) is 0 Å². The van der Waals surface area contributed by atoms with Crippen LogP contribution in [0, 0.1) is 0 Å². The van der Waals surface area contributed by atoms with E-state index in [1.54, 1.807) is 0 Å². The van der Waals surface area contributed by atoms with Crippen LogP contribution < -0.4 is 0 Å². The Morgan fingerprint density at radius 2 is 0.569 bits per heavy atom. The molecular weight excluding hydrogens is 889 g/mol. The molecule has 0 rings (SSSR count). The molecular formula is C66H96O6. The van der Waals surface area contributed by atoms with Crippen LogP contribution in [0.15, 0.2) is 194 Å². The molecule has 72 heavy (non-hydrogen) atoms. The topological polar surface area (TPSA) is 78.9 Å². The minimum absolute atomic E-state index is 0.135. The summed E-state index contributed by atoms with van der Waals surface area (Å²) in [4.78, 5) is 38.1. The zero-order chi connectivity index (χ0) is 52.2. The monoisotopic (exact) mass is 985 g/mol. The van der Waals surface area contributed by atoms with Crippen LogP contribution in [0.2, 0.25) is 0 Å². The maximum Gasteiger partial charge on any atom is 0.306 e. The Morgan fingerprint density at radius 1 is 0.292 bits per heavy atom. The Labute approximate surface area is 439 Å². The molecule has 0 N–H and O–H groups in total. The van der Waals surface area contributed by atoms with Crippen LogP contribution in [0.4, 0.5) is 0 Å². The second-order valence-corrected chi connectivity index (χ2v) is 17.2. The smallest absolute Gasteiger partial charge is 0.306 e. The van der Waals surface area contributed by atoms with Crippen molar-refractivity contribution in [1.29, 1.82) is 0 Å². The molecule has 1 atom stereocenters. The molecule has 1 unspecified atom stereocenters. The van der Waals surface area contributed by atoms with Gasteiger partial charge in [0.25, 0.3) is 0 Å². The molecule has 0 fully saturated rings. The van der Waals surface area contributed by atoms with Gasteiger partial charge in [0.2, 0.25) is 0 Å². The minimum atomic E-state index is -0.842. The Hall–Kier alpha value is -5.75. The van der Waals surface area contributed by atoms with E-state index in [4.69, 9.17) is 14.2 Å². The van der Waals surface area contributed by atoms with Gasteiger partial charge in [0.05, 0.1) is 0 Å². The average molecular weight is 985 g/mol. The van der Waals surface area contributed by atoms with E-state index < -0.39 is 6.10 Å². The summed E-state index contributed by atoms with van der Waals surface area (Å²) in [6.45, 7) is 6.14. The molecule has 0 aromatic carbocycles. The normalized spacial score (nSPS) is 13.7. The molecule has 0 aliphatic heterocycles. The summed E-state index contributed by atoms with van der Waals surface area (Å²) in [5.74, 6) is -1.06. The van der Waals surface area contributed by atoms with Crippen LogP contribution in [-0.4, -0.2) is 37.2 Å². The lowest BCUT2D eigenvalue weighted by atomic mass is 10.1. The molecule has 0 bridgehead atoms. The fourth-order valence-corrected chi connectivity index (χ4v) is 6.50. The summed E-state index contributed by atoms with van der Waals surface area (Å²) >= 11 is 0. The van der Waals surface area contributed by atoms with E-state index >= 15 is 0 Å². The minimum Gasteiger partial charge on any atom is -0.462 e. The van der Waals surface area contributed by atoms with Crippen molar-refractivity contribution >= 4 is 17.9 Å². The van der Waals surface area contributed by atoms with Gasteiger partial charge >= 0.3 is 17.9 Å². The summed E-state index contributed by atoms with van der Waals surface area (Å²) in [5.41, 5.74) is 0. The molecule has 0 aliphatic carbocycles. The van der Waals surface area contributed by atoms with Crippen LogP contribution in [0.25, 0.3) is 0 Å². The van der Waals surface area contributed by atoms with Gasteiger partial charge in [0.15, 0.2) is 6.10 Å². The highest BCUT2D eigenvalue weighted by atomic mass is 16.6. The summed E-state index contributed by atoms with van der Waals surface area (Å²) in [6, 6.07) is 0. The average Bonchev–Trinajstić information content (AvgIpc) is 3.38. The maximum atomic E-state index is 12.9. The highest BCUT2D eigenvalue weighted by molar-refractivity contribution is 5.71. The van der Waals surface area contributed by atoms with Crippen molar-refractivity contribution in [2.24, 2.45) is 0 Å². The maximum absolute atomic E-state index is 12.9. The van der Waals surface area contributed by atoms with Crippen molar-refractivity contribution in [3.8, 4) is 0 Å². The number of esters is 3. The number of allylic oxidation sites excluding steroid dienone is 32. The quantitative estimate of drug-likeness (QED) is 0.0199. The fourth-order valence-electron chi connectivity index (χ4n) is 6.50. The molecule has 0 saturated carbocycles. The zero-order valence-electron chi connectivity index (χ0n) is 45.1. The predicted octanol–water partition coefficient (Wildman–Crippen LogP) is 18.7. The van der Waals surface area contributed by atoms with E-state index in [-0.39, 0.29) is 44.0 Å². The first-order chi connectivity index (χ1) is 35.5. The van der Waals surface area contributed by atoms with Crippen LogP contribution in [0.5, 0.6) is 0 Å². The van der Waals surface area contributed by atoms with E-state index in [1.807, 2.05) is 72.9 Å². The Bertz CT molecular complexity index is 1800. The second kappa shape index (κ2) is 57.8. The van der Waals surface area contributed by atoms with E-state index in [1.165, 1.54) is 0 Å². The third-order valence-electron chi connectivity index (χ3n) is 10.5. The van der Waals surface area contributed by atoms with Gasteiger partial charge in [-0.25, -0.2) is 0 Å². The predicted molar refractivity (Wildman–Crippen MR) is 310 cm³/mol. The lowest BCUT2D eigenvalue weighted by Gasteiger charge is -2.18. The van der Waals surface area contributed by atoms with Gasteiger partial charge < -0.3 is 14.2 Å². The number of hydrogen-bond donors (Lipinski definition) is 0. The Morgan fingerprint density at radius 3 is 0.917 bits per heavy atom. The van der Waals surface area contributed by atoms with E-state index in [9.17, 15) is 14.4 Å². The van der Waals surface area contributed by atoms with Gasteiger partial charge in [-0.3, -0.25) is 14.4 Å². The molecule has 0 amide bonds. The molecule has 0 aliphatic rings. The van der Waals surface area contributed by atoms with E-state index in [0.29, 0.717) is 19.3 Å². The summed E-state index contributed by atoms with van der Waals surface area (Å²) in [6.07, 6.45) is 88.4. The number of carbonyl (C=O) groups is 3. The molecule has 0 aromatic heterocycles. The molecule has 6 nitrogen and oxygen atoms in total. The van der Waals surface area contributed by atoms with E-state index in [0.717, 1.165) is 128 Å². The van der Waals surface area contributed by atoms with E-state index in [2.05, 4.69) is 142 Å². The first kappa shape index (κ1) is 66.2. The molecule has 0 radical (unpaired) electrons. The van der Waals surface area contributed by atoms with Crippen molar-refractivity contribution < 1.29 is 28.6 Å². The number of carbonyl (C=O) groups excluding carboxylic acids is 3. The SMILES string of the molecule is CC\C=C/C=C\C=C/C=C\C=C\C=C/C=C\CCCCCC(=O)OCC(COC(=O)CCCCC/C=C\C/C=C\C/C=C\C/C=C\CC)OC(=O)CCCCC/C=C\C/C=C\C/C=C\C/C=C\C/C=C\CC. The Kier molecular flexibility index (Phi) is 53.2. The van der Waals surface area contributed by atoms with Crippen molar-refractivity contribution in [3.05, 3.63) is 194 Å². The first-order valence-corrected chi connectivity index (χ1v) is 27.5. The highest BCUT2D eigenvalue weighted by Crippen LogP contribution is 2.11. The van der Waals surface area contributed by atoms with Crippen molar-refractivity contribution in [2.45, 2.75) is 187 Å². The van der Waals surface area contributed by atoms with Crippen molar-refractivity contribution in [3.63, 3.8) is 0 Å². The highest BCUT2D eigenvalue weighted by Gasteiger charge is 2.19. The van der Waals surface area contributed by atoms with Crippen molar-refractivity contribution in [2.75, 3.05) is 13.2 Å². The summed E-state index contributed by atoms with van der Waals surface area (Å²) in [7, 11) is 0. The van der Waals surface area contributed by atoms with Gasteiger partial charge in [-0.2, -0.15) is 0 Å². The Balaban J connectivity index is 4.67. The third-order valence-corrected chi connectivity index (χ3v) is 10.5. The van der Waals surface area contributed by atoms with Gasteiger partial charge in [0, 0.05) is 19.3 Å². The standard InChI is InChI=1S/C66H96O6/c1-4-7-10-13-16-19-22-25-28-31-33-35-38-41-44-47-50-53-56-59-65(68)71-62-63(61-70-64(67)58-55-52-49-46-43-40-37-30-27-24-21-18-15-12-9-6-3)72-66(69)60-57-54-51-48-45-42-39-36-34-32-29-26-23-20-17-14-11-8-5-2/h7-13,16-22,25-31,33-36,38,40-45,63H,4-6,14-15,23-24,32,37,39,46-62H2,1-3H3/b10-7-,11-8-,12-9-,16-13-,20-17-,21-18-,22-19-,28-25-,29-26-,30-27-,33-31+,36-34-,38-35-,43-40-,44-41-,45-42-. The number of unbranched alkanes of at least 4 members (excludes halogenated alkanes) is 9. The molecule has 0 saturated heterocycles. The number of hydrogen-bond acceptors (Lipinski definition) is 6. The molecule has 6 heteroatoms. The van der Waals surface area contributed by atoms with Crippen LogP contribution in [0.1, 0.15) is 181 Å². The fraction of sp³-hybridized carbons (Fsp3) is 0.470. The summed E-state index contributed by atoms with van der Waals surface area (Å²) < 4.78 is 16.8. The number of ether oxygens (including phenoxy) is 3. The third kappa shape index (κ3) is 55.2. The molecule has 0 heterocycles. The zero-order valence-corrected chi connectivity index (χ0v) is 45.1. The number of rotatable bonds is 46. The second-order valence-electron chi connectivity index (χ2n) is 17.2. The summed E-state index contributed by atoms with van der Waals surface area (Å²) in [5, 5.41) is 0. The van der Waals surface area contributed by atoms with Crippen LogP contribution in [0.3, 0.4) is 0 Å². The van der Waals surface area contributed by atoms with Gasteiger partial charge in [-0.05, 0) is 122 Å². The van der Waals surface area contributed by atoms with Crippen LogP contribution >= 0.6 is 0 Å². The van der Waals surface area contributed by atoms with Gasteiger partial charge in [-0.15, -0.1) is 0 Å². The molecule has 0 spiro atoms. The molecule has 396 valence electrons.